The van der Waals surface area contributed by atoms with Crippen LogP contribution in [0.15, 0.2) is 29.2 Å². The number of methoxy groups -OCH3 is 2. The normalized spacial score (nSPS) is 15.5. The third-order valence-corrected chi connectivity index (χ3v) is 5.61. The molecular weight excluding hydrogens is 396 g/mol. The molecule has 1 N–H and O–H groups in total. The van der Waals surface area contributed by atoms with Gasteiger partial charge in [0, 0.05) is 38.3 Å². The lowest BCUT2D eigenvalue weighted by molar-refractivity contribution is 0.244. The second kappa shape index (κ2) is 8.22. The van der Waals surface area contributed by atoms with Crippen LogP contribution in [-0.4, -0.2) is 65.0 Å². The lowest BCUT2D eigenvalue weighted by Gasteiger charge is -2.35. The van der Waals surface area contributed by atoms with E-state index in [4.69, 9.17) is 14.5 Å². The van der Waals surface area contributed by atoms with Gasteiger partial charge in [-0.25, -0.2) is 4.68 Å². The van der Waals surface area contributed by atoms with Crippen molar-refractivity contribution in [1.29, 1.82) is 0 Å². The van der Waals surface area contributed by atoms with Crippen molar-refractivity contribution in [3.8, 4) is 11.5 Å². The summed E-state index contributed by atoms with van der Waals surface area (Å²) in [6, 6.07) is 5.86. The first-order valence-corrected chi connectivity index (χ1v) is 10.5. The first kappa shape index (κ1) is 21.2. The molecule has 9 nitrogen and oxygen atoms in total. The third kappa shape index (κ3) is 4.23. The van der Waals surface area contributed by atoms with Gasteiger partial charge in [-0.15, -0.1) is 0 Å². The van der Waals surface area contributed by atoms with Crippen molar-refractivity contribution in [1.82, 2.24) is 24.6 Å². The van der Waals surface area contributed by atoms with Crippen LogP contribution in [0.2, 0.25) is 0 Å². The van der Waals surface area contributed by atoms with Gasteiger partial charge >= 0.3 is 0 Å². The van der Waals surface area contributed by atoms with E-state index in [1.165, 1.54) is 0 Å². The van der Waals surface area contributed by atoms with Gasteiger partial charge in [-0.05, 0) is 39.0 Å². The molecular formula is C22H30N6O3. The molecule has 0 amide bonds. The highest BCUT2D eigenvalue weighted by molar-refractivity contribution is 5.74. The zero-order valence-electron chi connectivity index (χ0n) is 18.8. The standard InChI is InChI=1S/C22H30N6O3/c1-22(2,3)28-19-17(13-23-28)20(29)25-21(24-19)27-10-8-26(9-11-27)14-15-12-16(30-4)6-7-18(15)31-5/h6-7,12-13H,8-11,14H2,1-5H3,(H,24,25,29). The topological polar surface area (TPSA) is 88.5 Å². The van der Waals surface area contributed by atoms with Crippen LogP contribution in [0, 0.1) is 0 Å². The Balaban J connectivity index is 1.50. The largest absolute Gasteiger partial charge is 0.497 e. The van der Waals surface area contributed by atoms with Crippen LogP contribution in [0.4, 0.5) is 5.95 Å². The Hall–Kier alpha value is -3.07. The first-order chi connectivity index (χ1) is 14.8. The number of aromatic amines is 1. The van der Waals surface area contributed by atoms with Crippen LogP contribution in [-0.2, 0) is 12.1 Å². The molecule has 1 aliphatic heterocycles. The average Bonchev–Trinajstić information content (AvgIpc) is 3.19. The number of hydrogen-bond acceptors (Lipinski definition) is 7. The fraction of sp³-hybridized carbons (Fsp3) is 0.500. The molecule has 0 aliphatic carbocycles. The van der Waals surface area contributed by atoms with Crippen LogP contribution < -0.4 is 19.9 Å². The van der Waals surface area contributed by atoms with Crippen molar-refractivity contribution in [3.63, 3.8) is 0 Å². The number of hydrogen-bond donors (Lipinski definition) is 1. The Morgan fingerprint density at radius 1 is 1.10 bits per heavy atom. The summed E-state index contributed by atoms with van der Waals surface area (Å²) in [7, 11) is 3.35. The number of H-pyrrole nitrogens is 1. The molecule has 0 unspecified atom stereocenters. The number of rotatable bonds is 5. The molecule has 0 bridgehead atoms. The van der Waals surface area contributed by atoms with Gasteiger partial charge in [0.05, 0.1) is 26.0 Å². The van der Waals surface area contributed by atoms with Crippen LogP contribution in [0.25, 0.3) is 11.0 Å². The summed E-state index contributed by atoms with van der Waals surface area (Å²) >= 11 is 0. The highest BCUT2D eigenvalue weighted by Crippen LogP contribution is 2.26. The number of nitrogens with zero attached hydrogens (tertiary/aromatic N) is 5. The van der Waals surface area contributed by atoms with E-state index in [0.29, 0.717) is 17.0 Å². The van der Waals surface area contributed by atoms with Gasteiger partial charge in [0.1, 0.15) is 16.9 Å². The predicted molar refractivity (Wildman–Crippen MR) is 120 cm³/mol. The zero-order valence-corrected chi connectivity index (χ0v) is 18.8. The summed E-state index contributed by atoms with van der Waals surface area (Å²) in [6.07, 6.45) is 1.59. The Morgan fingerprint density at radius 2 is 1.84 bits per heavy atom. The van der Waals surface area contributed by atoms with Crippen molar-refractivity contribution in [3.05, 3.63) is 40.3 Å². The van der Waals surface area contributed by atoms with E-state index in [2.05, 4.69) is 19.9 Å². The predicted octanol–water partition coefficient (Wildman–Crippen LogP) is 2.21. The average molecular weight is 427 g/mol. The van der Waals surface area contributed by atoms with Gasteiger partial charge in [-0.3, -0.25) is 14.7 Å². The summed E-state index contributed by atoms with van der Waals surface area (Å²) in [4.78, 5) is 24.8. The molecule has 1 fully saturated rings. The van der Waals surface area contributed by atoms with Crippen molar-refractivity contribution < 1.29 is 9.47 Å². The molecule has 3 heterocycles. The number of aromatic nitrogens is 4. The fourth-order valence-electron chi connectivity index (χ4n) is 3.91. The van der Waals surface area contributed by atoms with Crippen LogP contribution in [0.1, 0.15) is 26.3 Å². The second-order valence-corrected chi connectivity index (χ2v) is 8.79. The number of benzene rings is 1. The maximum absolute atomic E-state index is 12.6. The van der Waals surface area contributed by atoms with E-state index in [9.17, 15) is 4.79 Å². The summed E-state index contributed by atoms with van der Waals surface area (Å²) in [5.74, 6) is 2.28. The first-order valence-electron chi connectivity index (χ1n) is 10.5. The molecule has 3 aromatic rings. The highest BCUT2D eigenvalue weighted by Gasteiger charge is 2.24. The highest BCUT2D eigenvalue weighted by atomic mass is 16.5. The molecule has 1 aromatic carbocycles. The van der Waals surface area contributed by atoms with Gasteiger partial charge in [-0.2, -0.15) is 10.1 Å². The van der Waals surface area contributed by atoms with Gasteiger partial charge in [0.2, 0.25) is 5.95 Å². The quantitative estimate of drug-likeness (QED) is 0.669. The number of ether oxygens (including phenoxy) is 2. The summed E-state index contributed by atoms with van der Waals surface area (Å²) < 4.78 is 12.7. The molecule has 31 heavy (non-hydrogen) atoms. The molecule has 1 aliphatic rings. The summed E-state index contributed by atoms with van der Waals surface area (Å²) in [5.41, 5.74) is 1.31. The zero-order chi connectivity index (χ0) is 22.2. The van der Waals surface area contributed by atoms with E-state index in [-0.39, 0.29) is 11.1 Å². The maximum Gasteiger partial charge on any atom is 0.263 e. The SMILES string of the molecule is COc1ccc(OC)c(CN2CCN(c3nc4c(cnn4C(C)(C)C)c(=O)[nH]3)CC2)c1. The van der Waals surface area contributed by atoms with Crippen LogP contribution in [0.5, 0.6) is 11.5 Å². The summed E-state index contributed by atoms with van der Waals surface area (Å²) in [5, 5.41) is 4.90. The molecule has 2 aromatic heterocycles. The minimum Gasteiger partial charge on any atom is -0.497 e. The third-order valence-electron chi connectivity index (χ3n) is 5.61. The molecule has 0 atom stereocenters. The fourth-order valence-corrected chi connectivity index (χ4v) is 3.91. The lowest BCUT2D eigenvalue weighted by Crippen LogP contribution is -2.47. The van der Waals surface area contributed by atoms with E-state index >= 15 is 0 Å². The molecule has 0 spiro atoms. The summed E-state index contributed by atoms with van der Waals surface area (Å²) in [6.45, 7) is 10.2. The van der Waals surface area contributed by atoms with Gasteiger partial charge in [0.15, 0.2) is 5.65 Å². The van der Waals surface area contributed by atoms with Gasteiger partial charge in [-0.1, -0.05) is 0 Å². The monoisotopic (exact) mass is 426 g/mol. The second-order valence-electron chi connectivity index (χ2n) is 8.79. The number of piperazine rings is 1. The van der Waals surface area contributed by atoms with E-state index in [1.807, 2.05) is 43.7 Å². The Bertz CT molecular complexity index is 1120. The number of anilines is 1. The molecule has 9 heteroatoms. The number of fused-ring (bicyclic) bond motifs is 1. The smallest absolute Gasteiger partial charge is 0.263 e. The Labute approximate surface area is 181 Å². The van der Waals surface area contributed by atoms with Crippen molar-refractivity contribution in [2.24, 2.45) is 0 Å². The molecule has 0 radical (unpaired) electrons. The number of nitrogens with one attached hydrogen (secondary N) is 1. The van der Waals surface area contributed by atoms with Crippen molar-refractivity contribution in [2.75, 3.05) is 45.3 Å². The lowest BCUT2D eigenvalue weighted by atomic mass is 10.1. The van der Waals surface area contributed by atoms with Crippen molar-refractivity contribution >= 4 is 17.0 Å². The van der Waals surface area contributed by atoms with Gasteiger partial charge in [0.25, 0.3) is 5.56 Å². The van der Waals surface area contributed by atoms with Crippen molar-refractivity contribution in [2.45, 2.75) is 32.9 Å². The minimum atomic E-state index is -0.256. The minimum absolute atomic E-state index is 0.154. The van der Waals surface area contributed by atoms with Crippen LogP contribution >= 0.6 is 0 Å². The van der Waals surface area contributed by atoms with E-state index < -0.39 is 0 Å². The van der Waals surface area contributed by atoms with Crippen LogP contribution in [0.3, 0.4) is 0 Å². The Kier molecular flexibility index (Phi) is 5.62. The maximum atomic E-state index is 12.6. The Morgan fingerprint density at radius 3 is 2.48 bits per heavy atom. The molecule has 0 saturated carbocycles. The van der Waals surface area contributed by atoms with Gasteiger partial charge < -0.3 is 14.4 Å². The molecule has 4 rings (SSSR count). The molecule has 166 valence electrons. The van der Waals surface area contributed by atoms with E-state index in [0.717, 1.165) is 49.8 Å². The van der Waals surface area contributed by atoms with E-state index in [1.54, 1.807) is 20.4 Å². The molecule has 1 saturated heterocycles.